The zero-order valence-electron chi connectivity index (χ0n) is 8.56. The molecule has 0 radical (unpaired) electrons. The number of carboxylic acids is 1. The predicted octanol–water partition coefficient (Wildman–Crippen LogP) is 2.36. The Bertz CT molecular complexity index is 323. The maximum Gasteiger partial charge on any atom is 0.304 e. The van der Waals surface area contributed by atoms with Crippen LogP contribution in [0.25, 0.3) is 0 Å². The Kier molecular flexibility index (Phi) is 3.38. The van der Waals surface area contributed by atoms with Crippen molar-refractivity contribution in [3.63, 3.8) is 0 Å². The van der Waals surface area contributed by atoms with E-state index in [2.05, 4.69) is 21.7 Å². The quantitative estimate of drug-likeness (QED) is 0.855. The van der Waals surface area contributed by atoms with E-state index in [1.54, 1.807) is 11.3 Å². The van der Waals surface area contributed by atoms with Gasteiger partial charge in [-0.3, -0.25) is 9.69 Å². The van der Waals surface area contributed by atoms with Crippen LogP contribution in [0.3, 0.4) is 0 Å². The molecule has 1 aromatic rings. The number of likely N-dealkylation sites (tertiary alicyclic amines) is 1. The van der Waals surface area contributed by atoms with Gasteiger partial charge < -0.3 is 5.11 Å². The van der Waals surface area contributed by atoms with Crippen molar-refractivity contribution in [3.8, 4) is 0 Å². The Morgan fingerprint density at radius 3 is 3.20 bits per heavy atom. The second kappa shape index (κ2) is 4.77. The van der Waals surface area contributed by atoms with Gasteiger partial charge in [-0.2, -0.15) is 11.3 Å². The molecular weight excluding hydrogens is 210 g/mol. The minimum atomic E-state index is -0.703. The van der Waals surface area contributed by atoms with Gasteiger partial charge in [-0.05, 0) is 41.8 Å². The molecule has 2 heterocycles. The topological polar surface area (TPSA) is 40.5 Å². The molecule has 1 aromatic heterocycles. The van der Waals surface area contributed by atoms with E-state index in [0.29, 0.717) is 12.6 Å². The van der Waals surface area contributed by atoms with E-state index in [0.717, 1.165) is 13.0 Å². The molecule has 0 amide bonds. The van der Waals surface area contributed by atoms with Crippen LogP contribution in [0.2, 0.25) is 0 Å². The molecule has 1 atom stereocenters. The Morgan fingerprint density at radius 1 is 1.67 bits per heavy atom. The zero-order valence-corrected chi connectivity index (χ0v) is 9.37. The van der Waals surface area contributed by atoms with Crippen molar-refractivity contribution in [2.45, 2.75) is 25.3 Å². The highest BCUT2D eigenvalue weighted by atomic mass is 32.1. The van der Waals surface area contributed by atoms with E-state index >= 15 is 0 Å². The molecule has 0 aromatic carbocycles. The largest absolute Gasteiger partial charge is 0.481 e. The first-order valence-electron chi connectivity index (χ1n) is 5.25. The minimum Gasteiger partial charge on any atom is -0.481 e. The molecule has 2 rings (SSSR count). The number of nitrogens with zero attached hydrogens (tertiary/aromatic N) is 1. The number of rotatable bonds is 4. The summed E-state index contributed by atoms with van der Waals surface area (Å²) < 4.78 is 0. The van der Waals surface area contributed by atoms with Gasteiger partial charge in [-0.1, -0.05) is 0 Å². The third kappa shape index (κ3) is 2.58. The first-order valence-corrected chi connectivity index (χ1v) is 6.19. The van der Waals surface area contributed by atoms with Crippen LogP contribution >= 0.6 is 11.3 Å². The number of hydrogen-bond acceptors (Lipinski definition) is 3. The van der Waals surface area contributed by atoms with Gasteiger partial charge >= 0.3 is 5.97 Å². The van der Waals surface area contributed by atoms with Gasteiger partial charge in [0, 0.05) is 12.6 Å². The summed E-state index contributed by atoms with van der Waals surface area (Å²) in [6.45, 7) is 1.71. The molecule has 1 aliphatic heterocycles. The number of carbonyl (C=O) groups is 1. The molecule has 1 aliphatic rings. The second-order valence-electron chi connectivity index (χ2n) is 3.89. The molecule has 15 heavy (non-hydrogen) atoms. The second-order valence-corrected chi connectivity index (χ2v) is 4.67. The minimum absolute atomic E-state index is 0.251. The standard InChI is InChI=1S/C11H15NO2S/c13-11(14)3-6-12-5-1-2-10(12)9-4-7-15-8-9/h4,7-8,10H,1-3,5-6H2,(H,13,14)/t10-/m1/s1. The van der Waals surface area contributed by atoms with Crippen molar-refractivity contribution < 1.29 is 9.90 Å². The van der Waals surface area contributed by atoms with E-state index in [-0.39, 0.29) is 6.42 Å². The summed E-state index contributed by atoms with van der Waals surface area (Å²) in [6.07, 6.45) is 2.59. The highest BCUT2D eigenvalue weighted by Crippen LogP contribution is 2.32. The van der Waals surface area contributed by atoms with Gasteiger partial charge in [0.05, 0.1) is 6.42 Å². The third-order valence-electron chi connectivity index (χ3n) is 2.90. The summed E-state index contributed by atoms with van der Waals surface area (Å²) in [5.74, 6) is -0.703. The molecule has 0 unspecified atom stereocenters. The summed E-state index contributed by atoms with van der Waals surface area (Å²) in [5.41, 5.74) is 1.35. The Labute approximate surface area is 93.3 Å². The fourth-order valence-corrected chi connectivity index (χ4v) is 2.88. The third-order valence-corrected chi connectivity index (χ3v) is 3.61. The molecule has 4 heteroatoms. The molecule has 82 valence electrons. The van der Waals surface area contributed by atoms with Gasteiger partial charge in [0.15, 0.2) is 0 Å². The summed E-state index contributed by atoms with van der Waals surface area (Å²) in [4.78, 5) is 12.8. The van der Waals surface area contributed by atoms with Gasteiger partial charge in [-0.15, -0.1) is 0 Å². The van der Waals surface area contributed by atoms with E-state index in [9.17, 15) is 4.79 Å². The Morgan fingerprint density at radius 2 is 2.53 bits per heavy atom. The molecule has 0 aliphatic carbocycles. The van der Waals surface area contributed by atoms with Crippen LogP contribution in [0, 0.1) is 0 Å². The molecule has 0 saturated carbocycles. The number of thiophene rings is 1. The van der Waals surface area contributed by atoms with Crippen molar-refractivity contribution in [1.82, 2.24) is 4.90 Å². The van der Waals surface area contributed by atoms with Crippen molar-refractivity contribution in [3.05, 3.63) is 22.4 Å². The molecule has 3 nitrogen and oxygen atoms in total. The van der Waals surface area contributed by atoms with Crippen LogP contribution in [0.15, 0.2) is 16.8 Å². The summed E-state index contributed by atoms with van der Waals surface area (Å²) in [5, 5.41) is 12.9. The summed E-state index contributed by atoms with van der Waals surface area (Å²) >= 11 is 1.71. The molecule has 1 fully saturated rings. The van der Waals surface area contributed by atoms with E-state index in [1.807, 2.05) is 0 Å². The predicted molar refractivity (Wildman–Crippen MR) is 60.1 cm³/mol. The van der Waals surface area contributed by atoms with Crippen LogP contribution in [0.4, 0.5) is 0 Å². The lowest BCUT2D eigenvalue weighted by molar-refractivity contribution is -0.137. The number of aliphatic carboxylic acids is 1. The van der Waals surface area contributed by atoms with Crippen LogP contribution < -0.4 is 0 Å². The van der Waals surface area contributed by atoms with E-state index in [4.69, 9.17) is 5.11 Å². The summed E-state index contributed by atoms with van der Waals surface area (Å²) in [7, 11) is 0. The molecule has 1 N–H and O–H groups in total. The van der Waals surface area contributed by atoms with Gasteiger partial charge in [0.1, 0.15) is 0 Å². The van der Waals surface area contributed by atoms with E-state index < -0.39 is 5.97 Å². The Balaban J connectivity index is 1.96. The highest BCUT2D eigenvalue weighted by Gasteiger charge is 2.26. The zero-order chi connectivity index (χ0) is 10.7. The monoisotopic (exact) mass is 225 g/mol. The summed E-state index contributed by atoms with van der Waals surface area (Å²) in [6, 6.07) is 2.60. The van der Waals surface area contributed by atoms with Crippen LogP contribution in [0.1, 0.15) is 30.9 Å². The van der Waals surface area contributed by atoms with E-state index in [1.165, 1.54) is 12.0 Å². The smallest absolute Gasteiger partial charge is 0.304 e. The normalized spacial score (nSPS) is 22.0. The first kappa shape index (κ1) is 10.6. The average molecular weight is 225 g/mol. The van der Waals surface area contributed by atoms with Crippen molar-refractivity contribution in [2.24, 2.45) is 0 Å². The van der Waals surface area contributed by atoms with Crippen molar-refractivity contribution in [2.75, 3.05) is 13.1 Å². The SMILES string of the molecule is O=C(O)CCN1CCC[C@@H]1c1ccsc1. The number of hydrogen-bond donors (Lipinski definition) is 1. The highest BCUT2D eigenvalue weighted by molar-refractivity contribution is 7.07. The first-order chi connectivity index (χ1) is 7.27. The van der Waals surface area contributed by atoms with Crippen LogP contribution in [-0.2, 0) is 4.79 Å². The van der Waals surface area contributed by atoms with Gasteiger partial charge in [0.25, 0.3) is 0 Å². The van der Waals surface area contributed by atoms with Crippen LogP contribution in [0.5, 0.6) is 0 Å². The fraction of sp³-hybridized carbons (Fsp3) is 0.545. The molecule has 0 spiro atoms. The van der Waals surface area contributed by atoms with Crippen molar-refractivity contribution in [1.29, 1.82) is 0 Å². The molecular formula is C11H15NO2S. The van der Waals surface area contributed by atoms with Crippen LogP contribution in [-0.4, -0.2) is 29.1 Å². The fourth-order valence-electron chi connectivity index (χ4n) is 2.18. The maximum absolute atomic E-state index is 10.5. The average Bonchev–Trinajstić information content (AvgIpc) is 2.85. The number of carboxylic acid groups (broad SMARTS) is 1. The van der Waals surface area contributed by atoms with Crippen molar-refractivity contribution >= 4 is 17.3 Å². The lowest BCUT2D eigenvalue weighted by Gasteiger charge is -2.22. The maximum atomic E-state index is 10.5. The van der Waals surface area contributed by atoms with Gasteiger partial charge in [-0.25, -0.2) is 0 Å². The molecule has 1 saturated heterocycles. The lowest BCUT2D eigenvalue weighted by Crippen LogP contribution is -2.25. The Hall–Kier alpha value is -0.870. The van der Waals surface area contributed by atoms with Gasteiger partial charge in [0.2, 0.25) is 0 Å². The molecule has 0 bridgehead atoms. The lowest BCUT2D eigenvalue weighted by atomic mass is 10.1.